The Morgan fingerprint density at radius 1 is 1.21 bits per heavy atom. The fourth-order valence-electron chi connectivity index (χ4n) is 2.77. The summed E-state index contributed by atoms with van der Waals surface area (Å²) < 4.78 is 13.6. The van der Waals surface area contributed by atoms with Crippen LogP contribution in [0.3, 0.4) is 0 Å². The summed E-state index contributed by atoms with van der Waals surface area (Å²) >= 11 is 5.86. The van der Waals surface area contributed by atoms with E-state index >= 15 is 0 Å². The molecule has 4 nitrogen and oxygen atoms in total. The van der Waals surface area contributed by atoms with Crippen LogP contribution < -0.4 is 10.2 Å². The highest BCUT2D eigenvalue weighted by Gasteiger charge is 2.30. The van der Waals surface area contributed by atoms with Gasteiger partial charge in [-0.2, -0.15) is 0 Å². The van der Waals surface area contributed by atoms with Gasteiger partial charge in [0.05, 0.1) is 5.56 Å². The molecule has 0 aliphatic carbocycles. The predicted octanol–water partition coefficient (Wildman–Crippen LogP) is 3.26. The minimum absolute atomic E-state index is 0.00228. The third-order valence-corrected chi connectivity index (χ3v) is 4.27. The highest BCUT2D eigenvalue weighted by Crippen LogP contribution is 2.26. The molecule has 1 fully saturated rings. The molecule has 1 aliphatic rings. The lowest BCUT2D eigenvalue weighted by atomic mass is 10.1. The molecule has 0 aromatic heterocycles. The Morgan fingerprint density at radius 3 is 2.62 bits per heavy atom. The van der Waals surface area contributed by atoms with E-state index in [1.54, 1.807) is 35.2 Å². The van der Waals surface area contributed by atoms with Crippen molar-refractivity contribution >= 4 is 29.1 Å². The minimum Gasteiger partial charge on any atom is -0.352 e. The average molecular weight is 347 g/mol. The number of nitrogens with zero attached hydrogens (tertiary/aromatic N) is 1. The van der Waals surface area contributed by atoms with E-state index in [4.69, 9.17) is 11.6 Å². The van der Waals surface area contributed by atoms with Crippen molar-refractivity contribution in [2.45, 2.75) is 6.42 Å². The first-order valence-electron chi connectivity index (χ1n) is 7.63. The second kappa shape index (κ2) is 7.01. The maximum absolute atomic E-state index is 13.6. The number of benzene rings is 2. The standard InChI is InChI=1S/C18H16ClFN2O2/c19-13-5-7-14(8-6-13)22-11-12(9-17(22)23)10-21-18(24)15-3-1-2-4-16(15)20/h1-8,12H,9-11H2,(H,21,24). The van der Waals surface area contributed by atoms with Crippen LogP contribution in [0, 0.1) is 11.7 Å². The second-order valence-electron chi connectivity index (χ2n) is 5.74. The van der Waals surface area contributed by atoms with Crippen molar-refractivity contribution in [3.8, 4) is 0 Å². The first-order valence-corrected chi connectivity index (χ1v) is 8.01. The summed E-state index contributed by atoms with van der Waals surface area (Å²) in [5, 5.41) is 3.31. The van der Waals surface area contributed by atoms with E-state index in [-0.39, 0.29) is 17.4 Å². The van der Waals surface area contributed by atoms with E-state index in [2.05, 4.69) is 5.32 Å². The van der Waals surface area contributed by atoms with E-state index in [9.17, 15) is 14.0 Å². The Morgan fingerprint density at radius 2 is 1.92 bits per heavy atom. The third kappa shape index (κ3) is 3.57. The number of carbonyl (C=O) groups excluding carboxylic acids is 2. The lowest BCUT2D eigenvalue weighted by Crippen LogP contribution is -2.31. The Bertz CT molecular complexity index is 764. The molecule has 0 radical (unpaired) electrons. The van der Waals surface area contributed by atoms with Crippen molar-refractivity contribution in [3.63, 3.8) is 0 Å². The van der Waals surface area contributed by atoms with Gasteiger partial charge in [0.25, 0.3) is 5.91 Å². The van der Waals surface area contributed by atoms with E-state index in [0.29, 0.717) is 24.5 Å². The molecule has 24 heavy (non-hydrogen) atoms. The molecule has 1 N–H and O–H groups in total. The summed E-state index contributed by atoms with van der Waals surface area (Å²) in [7, 11) is 0. The van der Waals surface area contributed by atoms with Crippen LogP contribution in [0.2, 0.25) is 5.02 Å². The normalized spacial score (nSPS) is 17.2. The maximum atomic E-state index is 13.6. The highest BCUT2D eigenvalue weighted by molar-refractivity contribution is 6.30. The summed E-state index contributed by atoms with van der Waals surface area (Å²) in [5.74, 6) is -1.03. The molecule has 0 spiro atoms. The topological polar surface area (TPSA) is 49.4 Å². The van der Waals surface area contributed by atoms with Gasteiger partial charge in [0.1, 0.15) is 5.82 Å². The van der Waals surface area contributed by atoms with Gasteiger partial charge in [-0.15, -0.1) is 0 Å². The van der Waals surface area contributed by atoms with Gasteiger partial charge in [-0.1, -0.05) is 23.7 Å². The molecule has 1 aliphatic heterocycles. The summed E-state index contributed by atoms with van der Waals surface area (Å²) in [4.78, 5) is 25.9. The first kappa shape index (κ1) is 16.5. The molecule has 1 saturated heterocycles. The first-order chi connectivity index (χ1) is 11.5. The van der Waals surface area contributed by atoms with Crippen LogP contribution in [0.15, 0.2) is 48.5 Å². The molecule has 0 bridgehead atoms. The number of halogens is 2. The monoisotopic (exact) mass is 346 g/mol. The van der Waals surface area contributed by atoms with Gasteiger partial charge in [-0.25, -0.2) is 4.39 Å². The Hall–Kier alpha value is -2.40. The molecule has 2 amide bonds. The molecule has 6 heteroatoms. The molecular weight excluding hydrogens is 331 g/mol. The van der Waals surface area contributed by atoms with Gasteiger partial charge in [-0.3, -0.25) is 9.59 Å². The van der Waals surface area contributed by atoms with Crippen LogP contribution in [-0.2, 0) is 4.79 Å². The Labute approximate surface area is 144 Å². The van der Waals surface area contributed by atoms with E-state index in [0.717, 1.165) is 5.69 Å². The number of hydrogen-bond donors (Lipinski definition) is 1. The van der Waals surface area contributed by atoms with Crippen LogP contribution in [0.1, 0.15) is 16.8 Å². The molecular formula is C18H16ClFN2O2. The van der Waals surface area contributed by atoms with Crippen molar-refractivity contribution in [2.75, 3.05) is 18.0 Å². The predicted molar refractivity (Wildman–Crippen MR) is 90.6 cm³/mol. The quantitative estimate of drug-likeness (QED) is 0.923. The number of amides is 2. The fourth-order valence-corrected chi connectivity index (χ4v) is 2.89. The number of carbonyl (C=O) groups is 2. The van der Waals surface area contributed by atoms with Gasteiger partial charge in [-0.05, 0) is 36.4 Å². The largest absolute Gasteiger partial charge is 0.352 e. The Kier molecular flexibility index (Phi) is 4.81. The van der Waals surface area contributed by atoms with E-state index < -0.39 is 11.7 Å². The van der Waals surface area contributed by atoms with Gasteiger partial charge in [0.2, 0.25) is 5.91 Å². The third-order valence-electron chi connectivity index (χ3n) is 4.01. The lowest BCUT2D eigenvalue weighted by molar-refractivity contribution is -0.117. The molecule has 3 rings (SSSR count). The van der Waals surface area contributed by atoms with Crippen molar-refractivity contribution in [3.05, 3.63) is 64.9 Å². The SMILES string of the molecule is O=C(NCC1CC(=O)N(c2ccc(Cl)cc2)C1)c1ccccc1F. The summed E-state index contributed by atoms with van der Waals surface area (Å²) in [6.45, 7) is 0.834. The summed E-state index contributed by atoms with van der Waals surface area (Å²) in [5.41, 5.74) is 0.795. The molecule has 2 aromatic carbocycles. The molecule has 0 saturated carbocycles. The zero-order valence-corrected chi connectivity index (χ0v) is 13.6. The van der Waals surface area contributed by atoms with Gasteiger partial charge in [0.15, 0.2) is 0 Å². The van der Waals surface area contributed by atoms with Gasteiger partial charge < -0.3 is 10.2 Å². The van der Waals surface area contributed by atoms with Crippen LogP contribution >= 0.6 is 11.6 Å². The van der Waals surface area contributed by atoms with Crippen molar-refractivity contribution in [1.29, 1.82) is 0 Å². The van der Waals surface area contributed by atoms with Crippen molar-refractivity contribution < 1.29 is 14.0 Å². The molecule has 1 unspecified atom stereocenters. The molecule has 2 aromatic rings. The lowest BCUT2D eigenvalue weighted by Gasteiger charge is -2.17. The van der Waals surface area contributed by atoms with E-state index in [1.807, 2.05) is 0 Å². The zero-order valence-electron chi connectivity index (χ0n) is 12.8. The smallest absolute Gasteiger partial charge is 0.254 e. The van der Waals surface area contributed by atoms with Gasteiger partial charge >= 0.3 is 0 Å². The maximum Gasteiger partial charge on any atom is 0.254 e. The van der Waals surface area contributed by atoms with Crippen molar-refractivity contribution in [1.82, 2.24) is 5.32 Å². The molecule has 1 atom stereocenters. The van der Waals surface area contributed by atoms with E-state index in [1.165, 1.54) is 18.2 Å². The van der Waals surface area contributed by atoms with Crippen LogP contribution in [0.4, 0.5) is 10.1 Å². The van der Waals surface area contributed by atoms with Crippen LogP contribution in [-0.4, -0.2) is 24.9 Å². The summed E-state index contributed by atoms with van der Waals surface area (Å²) in [6, 6.07) is 12.9. The van der Waals surface area contributed by atoms with Gasteiger partial charge in [0, 0.05) is 36.1 Å². The zero-order chi connectivity index (χ0) is 17.1. The Balaban J connectivity index is 1.59. The minimum atomic E-state index is -0.555. The average Bonchev–Trinajstić information content (AvgIpc) is 2.95. The summed E-state index contributed by atoms with van der Waals surface area (Å²) in [6.07, 6.45) is 0.347. The van der Waals surface area contributed by atoms with Crippen LogP contribution in [0.25, 0.3) is 0 Å². The number of anilines is 1. The highest BCUT2D eigenvalue weighted by atomic mass is 35.5. The number of rotatable bonds is 4. The number of hydrogen-bond acceptors (Lipinski definition) is 2. The second-order valence-corrected chi connectivity index (χ2v) is 6.18. The molecule has 124 valence electrons. The number of nitrogens with one attached hydrogen (secondary N) is 1. The fraction of sp³-hybridized carbons (Fsp3) is 0.222. The van der Waals surface area contributed by atoms with Crippen LogP contribution in [0.5, 0.6) is 0 Å². The van der Waals surface area contributed by atoms with Crippen molar-refractivity contribution in [2.24, 2.45) is 5.92 Å². The molecule has 1 heterocycles.